The topological polar surface area (TPSA) is 64.0 Å². The number of hydrogen-bond acceptors (Lipinski definition) is 4. The Kier molecular flexibility index (Phi) is 4.36. The highest BCUT2D eigenvalue weighted by molar-refractivity contribution is 7.18. The Morgan fingerprint density at radius 2 is 2.08 bits per heavy atom. The number of nitrogens with zero attached hydrogens (tertiary/aromatic N) is 2. The van der Waals surface area contributed by atoms with Crippen LogP contribution in [0.4, 0.5) is 0 Å². The lowest BCUT2D eigenvalue weighted by Crippen LogP contribution is -2.33. The van der Waals surface area contributed by atoms with E-state index in [1.807, 2.05) is 30.3 Å². The average Bonchev–Trinajstić information content (AvgIpc) is 3.19. The fraction of sp³-hybridized carbons (Fsp3) is 0.316. The Morgan fingerprint density at radius 3 is 2.92 bits per heavy atom. The van der Waals surface area contributed by atoms with Gasteiger partial charge >= 0.3 is 0 Å². The van der Waals surface area contributed by atoms with Crippen LogP contribution in [0.25, 0.3) is 10.2 Å². The number of fused-ring (bicyclic) bond motifs is 3. The number of carbonyl (C=O) groups is 1. The molecular weight excluding hydrogens is 334 g/mol. The highest BCUT2D eigenvalue weighted by Gasteiger charge is 2.21. The SMILES string of the molecule is O=C(Cn1cnc2sc3c(c2c1=O)CCC3)NCCc1ccccc1. The molecule has 5 nitrogen and oxygen atoms in total. The molecule has 0 spiro atoms. The zero-order chi connectivity index (χ0) is 17.2. The van der Waals surface area contributed by atoms with Crippen LogP contribution in [0.1, 0.15) is 22.4 Å². The Labute approximate surface area is 149 Å². The maximum Gasteiger partial charge on any atom is 0.262 e. The molecule has 6 heteroatoms. The number of carbonyl (C=O) groups excluding carboxylic acids is 1. The van der Waals surface area contributed by atoms with Gasteiger partial charge in [0.2, 0.25) is 5.91 Å². The second kappa shape index (κ2) is 6.80. The predicted octanol–water partition coefficient (Wildman–Crippen LogP) is 2.31. The van der Waals surface area contributed by atoms with Gasteiger partial charge in [0.25, 0.3) is 5.56 Å². The molecule has 0 unspecified atom stereocenters. The number of rotatable bonds is 5. The molecule has 0 aliphatic heterocycles. The molecule has 0 saturated heterocycles. The van der Waals surface area contributed by atoms with E-state index >= 15 is 0 Å². The van der Waals surface area contributed by atoms with Crippen molar-refractivity contribution < 1.29 is 4.79 Å². The molecule has 2 heterocycles. The van der Waals surface area contributed by atoms with Gasteiger partial charge in [0.1, 0.15) is 11.4 Å². The summed E-state index contributed by atoms with van der Waals surface area (Å²) >= 11 is 1.61. The molecule has 1 aromatic carbocycles. The van der Waals surface area contributed by atoms with Crippen LogP contribution in [-0.4, -0.2) is 22.0 Å². The van der Waals surface area contributed by atoms with Gasteiger partial charge in [-0.1, -0.05) is 30.3 Å². The third-order valence-corrected chi connectivity index (χ3v) is 5.78. The molecule has 0 fully saturated rings. The van der Waals surface area contributed by atoms with E-state index in [-0.39, 0.29) is 18.0 Å². The largest absolute Gasteiger partial charge is 0.354 e. The number of aryl methyl sites for hydroxylation is 2. The van der Waals surface area contributed by atoms with E-state index in [9.17, 15) is 9.59 Å². The summed E-state index contributed by atoms with van der Waals surface area (Å²) < 4.78 is 1.42. The van der Waals surface area contributed by atoms with Crippen molar-refractivity contribution in [1.29, 1.82) is 0 Å². The van der Waals surface area contributed by atoms with Crippen LogP contribution in [0.5, 0.6) is 0 Å². The van der Waals surface area contributed by atoms with Crippen LogP contribution in [0.3, 0.4) is 0 Å². The van der Waals surface area contributed by atoms with Gasteiger partial charge in [-0.15, -0.1) is 11.3 Å². The quantitative estimate of drug-likeness (QED) is 0.765. The molecule has 2 aromatic heterocycles. The van der Waals surface area contributed by atoms with Crippen molar-refractivity contribution in [2.75, 3.05) is 6.54 Å². The van der Waals surface area contributed by atoms with Crippen LogP contribution in [0.15, 0.2) is 41.5 Å². The third-order valence-electron chi connectivity index (χ3n) is 4.58. The Hall–Kier alpha value is -2.47. The van der Waals surface area contributed by atoms with Crippen LogP contribution < -0.4 is 10.9 Å². The second-order valence-electron chi connectivity index (χ2n) is 6.30. The summed E-state index contributed by atoms with van der Waals surface area (Å²) in [7, 11) is 0. The molecule has 0 bridgehead atoms. The highest BCUT2D eigenvalue weighted by Crippen LogP contribution is 2.34. The summed E-state index contributed by atoms with van der Waals surface area (Å²) in [6.07, 6.45) is 5.35. The minimum Gasteiger partial charge on any atom is -0.354 e. The summed E-state index contributed by atoms with van der Waals surface area (Å²) in [4.78, 5) is 31.4. The molecule has 1 aliphatic carbocycles. The fourth-order valence-electron chi connectivity index (χ4n) is 3.33. The van der Waals surface area contributed by atoms with Gasteiger partial charge in [0.05, 0.1) is 11.7 Å². The fourth-order valence-corrected chi connectivity index (χ4v) is 4.55. The van der Waals surface area contributed by atoms with E-state index in [1.54, 1.807) is 11.3 Å². The minimum absolute atomic E-state index is 0.0151. The Bertz CT molecular complexity index is 975. The predicted molar refractivity (Wildman–Crippen MR) is 99.1 cm³/mol. The van der Waals surface area contributed by atoms with Gasteiger partial charge in [-0.05, 0) is 36.8 Å². The maximum atomic E-state index is 12.7. The summed E-state index contributed by atoms with van der Waals surface area (Å²) in [6.45, 7) is 0.572. The first-order valence-corrected chi connectivity index (χ1v) is 9.34. The van der Waals surface area contributed by atoms with Gasteiger partial charge in [-0.25, -0.2) is 4.98 Å². The van der Waals surface area contributed by atoms with Crippen molar-refractivity contribution in [1.82, 2.24) is 14.9 Å². The molecule has 25 heavy (non-hydrogen) atoms. The molecule has 0 radical (unpaired) electrons. The lowest BCUT2D eigenvalue weighted by Gasteiger charge is -2.07. The zero-order valence-electron chi connectivity index (χ0n) is 13.8. The second-order valence-corrected chi connectivity index (χ2v) is 7.38. The number of benzene rings is 1. The normalized spacial score (nSPS) is 13.1. The maximum absolute atomic E-state index is 12.7. The van der Waals surface area contributed by atoms with Gasteiger partial charge in [0.15, 0.2) is 0 Å². The number of thiophene rings is 1. The van der Waals surface area contributed by atoms with E-state index < -0.39 is 0 Å². The molecule has 1 N–H and O–H groups in total. The van der Waals surface area contributed by atoms with Crippen LogP contribution >= 0.6 is 11.3 Å². The van der Waals surface area contributed by atoms with Gasteiger partial charge in [0, 0.05) is 11.4 Å². The van der Waals surface area contributed by atoms with Crippen molar-refractivity contribution in [3.05, 3.63) is 63.0 Å². The summed E-state index contributed by atoms with van der Waals surface area (Å²) in [5.74, 6) is -0.161. The minimum atomic E-state index is -0.161. The zero-order valence-corrected chi connectivity index (χ0v) is 14.6. The number of amides is 1. The lowest BCUT2D eigenvalue weighted by molar-refractivity contribution is -0.121. The standard InChI is InChI=1S/C19H19N3O2S/c23-16(20-10-9-13-5-2-1-3-6-13)11-22-12-21-18-17(19(22)24)14-7-4-8-15(14)25-18/h1-3,5-6,12H,4,7-11H2,(H,20,23). The van der Waals surface area contributed by atoms with Crippen molar-refractivity contribution in [2.24, 2.45) is 0 Å². The molecule has 128 valence electrons. The van der Waals surface area contributed by atoms with Crippen molar-refractivity contribution in [3.63, 3.8) is 0 Å². The van der Waals surface area contributed by atoms with Crippen molar-refractivity contribution in [3.8, 4) is 0 Å². The third kappa shape index (κ3) is 3.22. The van der Waals surface area contributed by atoms with Crippen molar-refractivity contribution >= 4 is 27.5 Å². The molecule has 0 saturated carbocycles. The Balaban J connectivity index is 1.44. The summed E-state index contributed by atoms with van der Waals surface area (Å²) in [5.41, 5.74) is 2.23. The van der Waals surface area contributed by atoms with E-state index in [0.29, 0.717) is 6.54 Å². The van der Waals surface area contributed by atoms with E-state index in [4.69, 9.17) is 0 Å². The van der Waals surface area contributed by atoms with Gasteiger partial charge in [-0.2, -0.15) is 0 Å². The number of aromatic nitrogens is 2. The first kappa shape index (κ1) is 16.0. The monoisotopic (exact) mass is 353 g/mol. The van der Waals surface area contributed by atoms with Gasteiger partial charge < -0.3 is 5.32 Å². The summed E-state index contributed by atoms with van der Waals surface area (Å²) in [6, 6.07) is 10.0. The van der Waals surface area contributed by atoms with Gasteiger partial charge in [-0.3, -0.25) is 14.2 Å². The van der Waals surface area contributed by atoms with Crippen molar-refractivity contribution in [2.45, 2.75) is 32.2 Å². The van der Waals surface area contributed by atoms with E-state index in [0.717, 1.165) is 41.5 Å². The molecule has 3 aromatic rings. The lowest BCUT2D eigenvalue weighted by atomic mass is 10.1. The van der Waals surface area contributed by atoms with Crippen LogP contribution in [-0.2, 0) is 30.6 Å². The smallest absolute Gasteiger partial charge is 0.262 e. The molecular formula is C19H19N3O2S. The van der Waals surface area contributed by atoms with Crippen LogP contribution in [0, 0.1) is 0 Å². The number of hydrogen-bond donors (Lipinski definition) is 1. The first-order valence-electron chi connectivity index (χ1n) is 8.52. The molecule has 0 atom stereocenters. The first-order chi connectivity index (χ1) is 12.2. The molecule has 4 rings (SSSR count). The average molecular weight is 353 g/mol. The van der Waals surface area contributed by atoms with E-state index in [2.05, 4.69) is 10.3 Å². The highest BCUT2D eigenvalue weighted by atomic mass is 32.1. The van der Waals surface area contributed by atoms with E-state index in [1.165, 1.54) is 21.3 Å². The summed E-state index contributed by atoms with van der Waals surface area (Å²) in [5, 5.41) is 3.60. The molecule has 1 amide bonds. The number of nitrogens with one attached hydrogen (secondary N) is 1. The van der Waals surface area contributed by atoms with Crippen LogP contribution in [0.2, 0.25) is 0 Å². The Morgan fingerprint density at radius 1 is 1.24 bits per heavy atom. The molecule has 1 aliphatic rings.